The Balaban J connectivity index is 3.30. The molecule has 1 aromatic carbocycles. The van der Waals surface area contributed by atoms with E-state index in [1.165, 1.54) is 0 Å². The number of nitrogens with zero attached hydrogens (tertiary/aromatic N) is 2. The molecule has 0 bridgehead atoms. The summed E-state index contributed by atoms with van der Waals surface area (Å²) in [6, 6.07) is 13.0. The van der Waals surface area contributed by atoms with Crippen LogP contribution in [0.4, 0.5) is 0 Å². The molecule has 0 aliphatic heterocycles. The molecular weight excluding hydrogens is 264 g/mol. The van der Waals surface area contributed by atoms with Gasteiger partial charge in [-0.05, 0) is 32.8 Å². The van der Waals surface area contributed by atoms with Crippen molar-refractivity contribution in [3.63, 3.8) is 0 Å². The fraction of sp³-hybridized carbons (Fsp3) is 0.471. The Bertz CT molecular complexity index is 576. The van der Waals surface area contributed by atoms with Crippen LogP contribution in [0.5, 0.6) is 0 Å². The topological polar surface area (TPSA) is 73.9 Å². The molecule has 1 rings (SSSR count). The van der Waals surface area contributed by atoms with Gasteiger partial charge in [0.05, 0.1) is 12.1 Å². The molecule has 4 heteroatoms. The lowest BCUT2D eigenvalue weighted by molar-refractivity contribution is -0.165. The summed E-state index contributed by atoms with van der Waals surface area (Å²) >= 11 is 0. The number of rotatable bonds is 4. The first-order valence-electron chi connectivity index (χ1n) is 6.90. The van der Waals surface area contributed by atoms with Crippen LogP contribution in [0, 0.1) is 28.1 Å². The van der Waals surface area contributed by atoms with Crippen LogP contribution in [0.3, 0.4) is 0 Å². The second-order valence-corrected chi connectivity index (χ2v) is 5.91. The molecule has 0 saturated carbocycles. The molecule has 1 aromatic rings. The van der Waals surface area contributed by atoms with E-state index in [2.05, 4.69) is 6.07 Å². The zero-order valence-electron chi connectivity index (χ0n) is 12.9. The Kier molecular flexibility index (Phi) is 5.11. The summed E-state index contributed by atoms with van der Waals surface area (Å²) < 4.78 is 5.38. The minimum Gasteiger partial charge on any atom is -0.459 e. The highest BCUT2D eigenvalue weighted by molar-refractivity contribution is 5.82. The summed E-state index contributed by atoms with van der Waals surface area (Å²) in [4.78, 5) is 12.5. The fourth-order valence-electron chi connectivity index (χ4n) is 2.14. The molecule has 21 heavy (non-hydrogen) atoms. The van der Waals surface area contributed by atoms with E-state index in [4.69, 9.17) is 4.74 Å². The van der Waals surface area contributed by atoms with Crippen LogP contribution < -0.4 is 0 Å². The van der Waals surface area contributed by atoms with Crippen LogP contribution in [-0.2, 0) is 9.53 Å². The molecule has 0 radical (unpaired) electrons. The predicted molar refractivity (Wildman–Crippen MR) is 79.0 cm³/mol. The second-order valence-electron chi connectivity index (χ2n) is 5.91. The second kappa shape index (κ2) is 6.41. The zero-order chi connectivity index (χ0) is 16.1. The highest BCUT2D eigenvalue weighted by Gasteiger charge is 2.48. The lowest BCUT2D eigenvalue weighted by Crippen LogP contribution is -2.40. The summed E-state index contributed by atoms with van der Waals surface area (Å²) in [5, 5.41) is 19.1. The highest BCUT2D eigenvalue weighted by atomic mass is 16.6. The lowest BCUT2D eigenvalue weighted by Gasteiger charge is -2.31. The quantitative estimate of drug-likeness (QED) is 0.792. The van der Waals surface area contributed by atoms with Crippen LogP contribution >= 0.6 is 0 Å². The van der Waals surface area contributed by atoms with Gasteiger partial charge in [-0.3, -0.25) is 4.79 Å². The molecule has 0 amide bonds. The fourth-order valence-corrected chi connectivity index (χ4v) is 2.14. The summed E-state index contributed by atoms with van der Waals surface area (Å²) in [7, 11) is 0. The molecule has 4 nitrogen and oxygen atoms in total. The molecule has 0 aromatic heterocycles. The SMILES string of the molecule is CC[C@@](C#N)(C(=O)OC(C)(C)C)[C@@H](C#N)c1ccccc1. The maximum absolute atomic E-state index is 12.5. The first kappa shape index (κ1) is 16.7. The van der Waals surface area contributed by atoms with Gasteiger partial charge in [0.25, 0.3) is 0 Å². The molecule has 110 valence electrons. The molecule has 0 saturated heterocycles. The summed E-state index contributed by atoms with van der Waals surface area (Å²) in [5.74, 6) is -1.50. The third-order valence-corrected chi connectivity index (χ3v) is 3.28. The maximum atomic E-state index is 12.5. The molecule has 0 spiro atoms. The predicted octanol–water partition coefficient (Wildman–Crippen LogP) is 3.56. The number of hydrogen-bond donors (Lipinski definition) is 0. The van der Waals surface area contributed by atoms with E-state index in [0.717, 1.165) is 0 Å². The number of esters is 1. The molecule has 2 atom stereocenters. The number of nitriles is 2. The van der Waals surface area contributed by atoms with E-state index in [0.29, 0.717) is 5.56 Å². The molecule has 0 N–H and O–H groups in total. The van der Waals surface area contributed by atoms with E-state index in [1.807, 2.05) is 12.1 Å². The normalized spacial score (nSPS) is 15.1. The first-order valence-corrected chi connectivity index (χ1v) is 6.90. The van der Waals surface area contributed by atoms with Crippen molar-refractivity contribution in [2.45, 2.75) is 45.6 Å². The van der Waals surface area contributed by atoms with Crippen molar-refractivity contribution in [3.05, 3.63) is 35.9 Å². The zero-order valence-corrected chi connectivity index (χ0v) is 12.9. The lowest BCUT2D eigenvalue weighted by atomic mass is 9.71. The van der Waals surface area contributed by atoms with Crippen molar-refractivity contribution in [1.29, 1.82) is 10.5 Å². The van der Waals surface area contributed by atoms with Crippen molar-refractivity contribution in [2.24, 2.45) is 5.41 Å². The monoisotopic (exact) mass is 284 g/mol. The molecule has 0 aliphatic carbocycles. The third-order valence-electron chi connectivity index (χ3n) is 3.28. The van der Waals surface area contributed by atoms with E-state index in [-0.39, 0.29) is 6.42 Å². The van der Waals surface area contributed by atoms with Gasteiger partial charge >= 0.3 is 5.97 Å². The third kappa shape index (κ3) is 3.61. The van der Waals surface area contributed by atoms with Crippen molar-refractivity contribution >= 4 is 5.97 Å². The Morgan fingerprint density at radius 3 is 2.19 bits per heavy atom. The van der Waals surface area contributed by atoms with Crippen molar-refractivity contribution in [3.8, 4) is 12.1 Å². The average molecular weight is 284 g/mol. The molecule has 0 heterocycles. The van der Waals surface area contributed by atoms with Crippen LogP contribution in [0.2, 0.25) is 0 Å². The Morgan fingerprint density at radius 1 is 1.24 bits per heavy atom. The first-order chi connectivity index (χ1) is 9.80. The maximum Gasteiger partial charge on any atom is 0.328 e. The van der Waals surface area contributed by atoms with Crippen molar-refractivity contribution in [2.75, 3.05) is 0 Å². The van der Waals surface area contributed by atoms with Crippen molar-refractivity contribution < 1.29 is 9.53 Å². The van der Waals surface area contributed by atoms with Gasteiger partial charge in [0, 0.05) is 0 Å². The summed E-state index contributed by atoms with van der Waals surface area (Å²) in [6.45, 7) is 6.95. The van der Waals surface area contributed by atoms with Crippen LogP contribution in [-0.4, -0.2) is 11.6 Å². The van der Waals surface area contributed by atoms with E-state index >= 15 is 0 Å². The van der Waals surface area contributed by atoms with Gasteiger partial charge in [0.15, 0.2) is 5.41 Å². The number of ether oxygens (including phenoxy) is 1. The van der Waals surface area contributed by atoms with Gasteiger partial charge in [-0.15, -0.1) is 0 Å². The largest absolute Gasteiger partial charge is 0.459 e. The van der Waals surface area contributed by atoms with Gasteiger partial charge in [0.2, 0.25) is 0 Å². The smallest absolute Gasteiger partial charge is 0.328 e. The highest BCUT2D eigenvalue weighted by Crippen LogP contribution is 2.40. The summed E-state index contributed by atoms with van der Waals surface area (Å²) in [6.07, 6.45) is 0.214. The molecule has 0 aliphatic rings. The van der Waals surface area contributed by atoms with E-state index in [9.17, 15) is 15.3 Å². The minimum atomic E-state index is -1.50. The van der Waals surface area contributed by atoms with E-state index in [1.54, 1.807) is 52.0 Å². The number of benzene rings is 1. The van der Waals surface area contributed by atoms with E-state index < -0.39 is 22.9 Å². The Hall–Kier alpha value is -2.33. The molecular formula is C17H20N2O2. The van der Waals surface area contributed by atoms with Gasteiger partial charge in [-0.2, -0.15) is 10.5 Å². The Labute approximate surface area is 126 Å². The van der Waals surface area contributed by atoms with Crippen molar-refractivity contribution in [1.82, 2.24) is 0 Å². The van der Waals surface area contributed by atoms with Gasteiger partial charge in [0.1, 0.15) is 11.5 Å². The standard InChI is InChI=1S/C17H20N2O2/c1-5-17(12-19,15(20)21-16(2,3)4)14(11-18)13-9-7-6-8-10-13/h6-10,14H,5H2,1-4H3/t14-,17-/m0/s1. The van der Waals surface area contributed by atoms with Crippen LogP contribution in [0.15, 0.2) is 30.3 Å². The van der Waals surface area contributed by atoms with Gasteiger partial charge < -0.3 is 4.74 Å². The average Bonchev–Trinajstić information content (AvgIpc) is 2.43. The van der Waals surface area contributed by atoms with Gasteiger partial charge in [-0.1, -0.05) is 37.3 Å². The van der Waals surface area contributed by atoms with Crippen LogP contribution in [0.1, 0.15) is 45.6 Å². The van der Waals surface area contributed by atoms with Gasteiger partial charge in [-0.25, -0.2) is 0 Å². The summed E-state index contributed by atoms with van der Waals surface area (Å²) in [5.41, 5.74) is -1.55. The van der Waals surface area contributed by atoms with Crippen LogP contribution in [0.25, 0.3) is 0 Å². The number of hydrogen-bond acceptors (Lipinski definition) is 4. The minimum absolute atomic E-state index is 0.214. The number of carbonyl (C=O) groups excluding carboxylic acids is 1. The number of carbonyl (C=O) groups is 1. The molecule has 0 fully saturated rings. The molecule has 0 unspecified atom stereocenters. The Morgan fingerprint density at radius 2 is 1.81 bits per heavy atom.